The first-order valence-electron chi connectivity index (χ1n) is 8.76. The van der Waals surface area contributed by atoms with Crippen molar-refractivity contribution in [1.29, 1.82) is 0 Å². The molecule has 32 heavy (non-hydrogen) atoms. The third-order valence-electron chi connectivity index (χ3n) is 4.31. The minimum atomic E-state index is -5.09. The van der Waals surface area contributed by atoms with Crippen LogP contribution in [0.1, 0.15) is 16.7 Å². The van der Waals surface area contributed by atoms with E-state index in [-0.39, 0.29) is 11.0 Å². The molecule has 0 aliphatic rings. The Balaban J connectivity index is 2.25. The maximum atomic E-state index is 12.9. The molecule has 0 saturated heterocycles. The summed E-state index contributed by atoms with van der Waals surface area (Å²) in [5, 5.41) is 1.89. The Bertz CT molecular complexity index is 1080. The highest BCUT2D eigenvalue weighted by Crippen LogP contribution is 2.37. The van der Waals surface area contributed by atoms with Gasteiger partial charge in [-0.25, -0.2) is 8.42 Å². The number of hydrogen-bond acceptors (Lipinski definition) is 4. The summed E-state index contributed by atoms with van der Waals surface area (Å²) in [6, 6.07) is 4.50. The summed E-state index contributed by atoms with van der Waals surface area (Å²) in [5.74, 6) is -0.705. The number of benzene rings is 2. The molecule has 0 aromatic heterocycles. The van der Waals surface area contributed by atoms with Gasteiger partial charge < -0.3 is 10.1 Å². The van der Waals surface area contributed by atoms with Gasteiger partial charge in [-0.15, -0.1) is 0 Å². The van der Waals surface area contributed by atoms with Gasteiger partial charge >= 0.3 is 12.4 Å². The third kappa shape index (κ3) is 5.91. The second kappa shape index (κ2) is 8.98. The second-order valence-corrected chi connectivity index (χ2v) is 8.78. The van der Waals surface area contributed by atoms with Crippen molar-refractivity contribution >= 4 is 21.6 Å². The van der Waals surface area contributed by atoms with Crippen molar-refractivity contribution in [3.05, 3.63) is 53.1 Å². The largest absolute Gasteiger partial charge is 0.496 e. The highest BCUT2D eigenvalue weighted by molar-refractivity contribution is 7.89. The summed E-state index contributed by atoms with van der Waals surface area (Å²) >= 11 is 0. The number of nitrogens with one attached hydrogen (secondary N) is 1. The van der Waals surface area contributed by atoms with Gasteiger partial charge in [0, 0.05) is 12.7 Å². The van der Waals surface area contributed by atoms with E-state index in [1.165, 1.54) is 25.3 Å². The molecule has 2 rings (SSSR count). The number of sulfonamides is 1. The third-order valence-corrected chi connectivity index (χ3v) is 6.11. The first kappa shape index (κ1) is 25.5. The molecule has 2 aromatic rings. The zero-order chi connectivity index (χ0) is 24.5. The van der Waals surface area contributed by atoms with Crippen LogP contribution >= 0.6 is 0 Å². The van der Waals surface area contributed by atoms with Crippen LogP contribution < -0.4 is 10.1 Å². The summed E-state index contributed by atoms with van der Waals surface area (Å²) < 4.78 is 109. The highest BCUT2D eigenvalue weighted by Gasteiger charge is 2.37. The van der Waals surface area contributed by atoms with Crippen molar-refractivity contribution < 1.29 is 44.3 Å². The molecule has 0 spiro atoms. The van der Waals surface area contributed by atoms with Crippen molar-refractivity contribution in [2.45, 2.75) is 24.2 Å². The molecule has 0 atom stereocenters. The zero-order valence-electron chi connectivity index (χ0n) is 16.9. The van der Waals surface area contributed by atoms with E-state index in [0.29, 0.717) is 27.8 Å². The van der Waals surface area contributed by atoms with Crippen LogP contribution in [0.4, 0.5) is 32.0 Å². The molecule has 1 amide bonds. The van der Waals surface area contributed by atoms with Crippen molar-refractivity contribution in [3.63, 3.8) is 0 Å². The van der Waals surface area contributed by atoms with Crippen LogP contribution in [0, 0.1) is 6.92 Å². The van der Waals surface area contributed by atoms with Crippen molar-refractivity contribution in [2.24, 2.45) is 0 Å². The number of aryl methyl sites for hydroxylation is 1. The van der Waals surface area contributed by atoms with Gasteiger partial charge in [0.25, 0.3) is 0 Å². The fraction of sp³-hybridized carbons (Fsp3) is 0.316. The number of carbonyl (C=O) groups is 1. The van der Waals surface area contributed by atoms with E-state index in [4.69, 9.17) is 4.74 Å². The van der Waals surface area contributed by atoms with Gasteiger partial charge in [0.2, 0.25) is 15.9 Å². The summed E-state index contributed by atoms with van der Waals surface area (Å²) in [5.41, 5.74) is -3.51. The molecule has 0 bridgehead atoms. The molecular formula is C19H18F6N2O4S. The van der Waals surface area contributed by atoms with Crippen LogP contribution in [-0.4, -0.2) is 39.3 Å². The molecule has 1 N–H and O–H groups in total. The van der Waals surface area contributed by atoms with E-state index < -0.39 is 51.6 Å². The lowest BCUT2D eigenvalue weighted by atomic mass is 10.1. The Morgan fingerprint density at radius 2 is 1.53 bits per heavy atom. The van der Waals surface area contributed by atoms with Crippen molar-refractivity contribution in [3.8, 4) is 5.75 Å². The number of halogens is 6. The van der Waals surface area contributed by atoms with Crippen LogP contribution in [0.25, 0.3) is 0 Å². The van der Waals surface area contributed by atoms with Gasteiger partial charge in [0.15, 0.2) is 0 Å². The van der Waals surface area contributed by atoms with E-state index in [9.17, 15) is 39.6 Å². The zero-order valence-corrected chi connectivity index (χ0v) is 17.7. The minimum absolute atomic E-state index is 0.0851. The van der Waals surface area contributed by atoms with Crippen LogP contribution in [0.3, 0.4) is 0 Å². The number of alkyl halides is 6. The van der Waals surface area contributed by atoms with Gasteiger partial charge in [-0.1, -0.05) is 0 Å². The predicted molar refractivity (Wildman–Crippen MR) is 103 cm³/mol. The summed E-state index contributed by atoms with van der Waals surface area (Å²) in [6.07, 6.45) is -10.2. The minimum Gasteiger partial charge on any atom is -0.496 e. The molecular weight excluding hydrogens is 466 g/mol. The van der Waals surface area contributed by atoms with Gasteiger partial charge in [0.1, 0.15) is 5.75 Å². The van der Waals surface area contributed by atoms with E-state index in [1.807, 2.05) is 5.32 Å². The van der Waals surface area contributed by atoms with Crippen LogP contribution in [-0.2, 0) is 27.2 Å². The SMILES string of the molecule is COc1ccc(S(=O)(=O)N(C)CC(=O)Nc2cc(C(F)(F)F)cc(C(F)(F)F)c2)cc1C. The average Bonchev–Trinajstić information content (AvgIpc) is 2.66. The van der Waals surface area contributed by atoms with Crippen LogP contribution in [0.5, 0.6) is 5.75 Å². The van der Waals surface area contributed by atoms with Gasteiger partial charge in [-0.2, -0.15) is 30.6 Å². The number of ether oxygens (including phenoxy) is 1. The topological polar surface area (TPSA) is 75.7 Å². The number of nitrogens with zero attached hydrogens (tertiary/aromatic N) is 1. The number of amides is 1. The number of likely N-dealkylation sites (N-methyl/N-ethyl adjacent to an activating group) is 1. The Labute approximate surface area is 179 Å². The fourth-order valence-corrected chi connectivity index (χ4v) is 3.92. The summed E-state index contributed by atoms with van der Waals surface area (Å²) in [6.45, 7) is 0.738. The summed E-state index contributed by atoms with van der Waals surface area (Å²) in [7, 11) is -1.74. The quantitative estimate of drug-likeness (QED) is 0.621. The van der Waals surface area contributed by atoms with Crippen LogP contribution in [0.15, 0.2) is 41.3 Å². The predicted octanol–water partition coefficient (Wildman–Crippen LogP) is 4.30. The molecule has 2 aromatic carbocycles. The Morgan fingerprint density at radius 1 is 1.00 bits per heavy atom. The lowest BCUT2D eigenvalue weighted by Crippen LogP contribution is -2.35. The molecule has 0 heterocycles. The number of carbonyl (C=O) groups excluding carboxylic acids is 1. The van der Waals surface area contributed by atoms with E-state index >= 15 is 0 Å². The van der Waals surface area contributed by atoms with Gasteiger partial charge in [-0.05, 0) is 48.9 Å². The smallest absolute Gasteiger partial charge is 0.416 e. The van der Waals surface area contributed by atoms with Crippen LogP contribution in [0.2, 0.25) is 0 Å². The average molecular weight is 484 g/mol. The summed E-state index contributed by atoms with van der Waals surface area (Å²) in [4.78, 5) is 12.0. The maximum absolute atomic E-state index is 12.9. The lowest BCUT2D eigenvalue weighted by molar-refractivity contribution is -0.143. The van der Waals surface area contributed by atoms with Gasteiger partial charge in [-0.3, -0.25) is 4.79 Å². The Morgan fingerprint density at radius 3 is 1.97 bits per heavy atom. The molecule has 176 valence electrons. The standard InChI is InChI=1S/C19H18F6N2O4S/c1-11-6-15(4-5-16(11)31-3)32(29,30)27(2)10-17(28)26-14-8-12(18(20,21)22)7-13(9-14)19(23,24)25/h4-9H,10H2,1-3H3,(H,26,28). The molecule has 13 heteroatoms. The first-order chi connectivity index (χ1) is 14.6. The fourth-order valence-electron chi connectivity index (χ4n) is 2.71. The molecule has 6 nitrogen and oxygen atoms in total. The lowest BCUT2D eigenvalue weighted by Gasteiger charge is -2.19. The van der Waals surface area contributed by atoms with Crippen molar-refractivity contribution in [1.82, 2.24) is 4.31 Å². The normalized spacial score (nSPS) is 12.7. The maximum Gasteiger partial charge on any atom is 0.416 e. The first-order valence-corrected chi connectivity index (χ1v) is 10.2. The van der Waals surface area contributed by atoms with E-state index in [1.54, 1.807) is 6.92 Å². The Kier molecular flexibility index (Phi) is 7.15. The molecule has 0 fully saturated rings. The van der Waals surface area contributed by atoms with Crippen molar-refractivity contribution in [2.75, 3.05) is 26.0 Å². The molecule has 0 aliphatic heterocycles. The van der Waals surface area contributed by atoms with E-state index in [2.05, 4.69) is 0 Å². The van der Waals surface area contributed by atoms with Gasteiger partial charge in [0.05, 0.1) is 29.7 Å². The number of rotatable bonds is 6. The second-order valence-electron chi connectivity index (χ2n) is 6.74. The van der Waals surface area contributed by atoms with E-state index in [0.717, 1.165) is 7.05 Å². The highest BCUT2D eigenvalue weighted by atomic mass is 32.2. The molecule has 0 aliphatic carbocycles. The number of methoxy groups -OCH3 is 1. The molecule has 0 unspecified atom stereocenters. The Hall–Kier alpha value is -2.80. The molecule has 0 saturated carbocycles. The monoisotopic (exact) mass is 484 g/mol. The number of anilines is 1. The molecule has 0 radical (unpaired) electrons. The number of hydrogen-bond donors (Lipinski definition) is 1.